The maximum Gasteiger partial charge on any atom is 0.229 e. The Morgan fingerprint density at radius 3 is 2.64 bits per heavy atom. The Balaban J connectivity index is 2.83. The summed E-state index contributed by atoms with van der Waals surface area (Å²) in [4.78, 5) is 0. The van der Waals surface area contributed by atoms with Crippen LogP contribution in [0.5, 0.6) is 0 Å². The van der Waals surface area contributed by atoms with Gasteiger partial charge in [-0.15, -0.1) is 0 Å². The summed E-state index contributed by atoms with van der Waals surface area (Å²) in [6.07, 6.45) is 1.14. The molecule has 0 aliphatic carbocycles. The first-order valence-corrected chi connectivity index (χ1v) is 6.12. The first-order valence-electron chi connectivity index (χ1n) is 4.22. The zero-order valence-corrected chi connectivity index (χ0v) is 9.06. The van der Waals surface area contributed by atoms with Crippen molar-refractivity contribution in [2.45, 2.75) is 6.54 Å². The third kappa shape index (κ3) is 3.76. The molecule has 4 nitrogen and oxygen atoms in total. The fraction of sp³-hybridized carbons (Fsp3) is 0.333. The monoisotopic (exact) mass is 214 g/mol. The second-order valence-electron chi connectivity index (χ2n) is 3.10. The molecule has 1 rings (SSSR count). The van der Waals surface area contributed by atoms with E-state index < -0.39 is 10.0 Å². The van der Waals surface area contributed by atoms with Crippen molar-refractivity contribution in [2.24, 2.45) is 0 Å². The van der Waals surface area contributed by atoms with E-state index in [1.54, 1.807) is 12.1 Å². The van der Waals surface area contributed by atoms with E-state index in [1.165, 1.54) is 0 Å². The van der Waals surface area contributed by atoms with Gasteiger partial charge in [0.25, 0.3) is 0 Å². The number of sulfonamides is 1. The van der Waals surface area contributed by atoms with E-state index in [0.717, 1.165) is 18.4 Å². The van der Waals surface area contributed by atoms with Crippen LogP contribution in [0.1, 0.15) is 5.56 Å². The number of hydrogen-bond donors (Lipinski definition) is 2. The quantitative estimate of drug-likeness (QED) is 0.778. The van der Waals surface area contributed by atoms with Crippen LogP contribution in [0.15, 0.2) is 24.3 Å². The van der Waals surface area contributed by atoms with Gasteiger partial charge in [-0.05, 0) is 24.7 Å². The van der Waals surface area contributed by atoms with Crippen LogP contribution in [0.3, 0.4) is 0 Å². The third-order valence-electron chi connectivity index (χ3n) is 1.61. The van der Waals surface area contributed by atoms with E-state index in [2.05, 4.69) is 10.0 Å². The molecule has 0 atom stereocenters. The van der Waals surface area contributed by atoms with Gasteiger partial charge in [0.05, 0.1) is 6.26 Å². The minimum Gasteiger partial charge on any atom is -0.316 e. The van der Waals surface area contributed by atoms with Gasteiger partial charge >= 0.3 is 0 Å². The van der Waals surface area contributed by atoms with Gasteiger partial charge in [0, 0.05) is 12.2 Å². The highest BCUT2D eigenvalue weighted by atomic mass is 32.2. The summed E-state index contributed by atoms with van der Waals surface area (Å²) in [5.41, 5.74) is 1.64. The van der Waals surface area contributed by atoms with Crippen molar-refractivity contribution in [3.05, 3.63) is 29.8 Å². The molecule has 2 N–H and O–H groups in total. The Labute approximate surface area is 84.4 Å². The molecule has 0 unspecified atom stereocenters. The molecular formula is C9H14N2O2S. The lowest BCUT2D eigenvalue weighted by molar-refractivity contribution is 0.607. The van der Waals surface area contributed by atoms with Gasteiger partial charge < -0.3 is 5.32 Å². The van der Waals surface area contributed by atoms with Crippen LogP contribution in [0, 0.1) is 0 Å². The molecule has 0 aliphatic heterocycles. The van der Waals surface area contributed by atoms with Crippen molar-refractivity contribution in [3.8, 4) is 0 Å². The summed E-state index contributed by atoms with van der Waals surface area (Å²) in [6.45, 7) is 0.722. The summed E-state index contributed by atoms with van der Waals surface area (Å²) >= 11 is 0. The van der Waals surface area contributed by atoms with E-state index in [0.29, 0.717) is 5.69 Å². The summed E-state index contributed by atoms with van der Waals surface area (Å²) in [5.74, 6) is 0. The number of anilines is 1. The zero-order chi connectivity index (χ0) is 10.6. The van der Waals surface area contributed by atoms with Gasteiger partial charge in [-0.2, -0.15) is 0 Å². The molecule has 0 radical (unpaired) electrons. The number of hydrogen-bond acceptors (Lipinski definition) is 3. The van der Waals surface area contributed by atoms with Crippen LogP contribution in [0.4, 0.5) is 5.69 Å². The predicted molar refractivity (Wildman–Crippen MR) is 57.7 cm³/mol. The summed E-state index contributed by atoms with van der Waals surface area (Å²) in [5, 5.41) is 3.00. The van der Waals surface area contributed by atoms with E-state index in [9.17, 15) is 8.42 Å². The van der Waals surface area contributed by atoms with Crippen LogP contribution in [-0.2, 0) is 16.6 Å². The normalized spacial score (nSPS) is 11.3. The minimum atomic E-state index is -3.18. The van der Waals surface area contributed by atoms with Crippen LogP contribution in [0.25, 0.3) is 0 Å². The Bertz CT molecular complexity index is 401. The molecule has 78 valence electrons. The van der Waals surface area contributed by atoms with Crippen molar-refractivity contribution >= 4 is 15.7 Å². The smallest absolute Gasteiger partial charge is 0.229 e. The largest absolute Gasteiger partial charge is 0.316 e. The molecular weight excluding hydrogens is 200 g/mol. The Kier molecular flexibility index (Phi) is 3.49. The SMILES string of the molecule is CNCc1cccc(NS(C)(=O)=O)c1. The molecule has 1 aromatic carbocycles. The predicted octanol–water partition coefficient (Wildman–Crippen LogP) is 0.777. The number of rotatable bonds is 4. The van der Waals surface area contributed by atoms with E-state index in [1.807, 2.05) is 19.2 Å². The topological polar surface area (TPSA) is 58.2 Å². The summed E-state index contributed by atoms with van der Waals surface area (Å²) < 4.78 is 24.3. The van der Waals surface area contributed by atoms with Crippen molar-refractivity contribution in [1.29, 1.82) is 0 Å². The third-order valence-corrected chi connectivity index (χ3v) is 2.22. The molecule has 1 aromatic rings. The number of benzene rings is 1. The van der Waals surface area contributed by atoms with Gasteiger partial charge in [0.15, 0.2) is 0 Å². The molecule has 0 saturated carbocycles. The second kappa shape index (κ2) is 4.43. The van der Waals surface area contributed by atoms with Crippen molar-refractivity contribution < 1.29 is 8.42 Å². The van der Waals surface area contributed by atoms with Gasteiger partial charge in [0.1, 0.15) is 0 Å². The zero-order valence-electron chi connectivity index (χ0n) is 8.24. The summed E-state index contributed by atoms with van der Waals surface area (Å²) in [7, 11) is -1.34. The average Bonchev–Trinajstić information content (AvgIpc) is 2.02. The van der Waals surface area contributed by atoms with E-state index in [4.69, 9.17) is 0 Å². The Hall–Kier alpha value is -1.07. The molecule has 0 saturated heterocycles. The van der Waals surface area contributed by atoms with E-state index >= 15 is 0 Å². The minimum absolute atomic E-state index is 0.597. The van der Waals surface area contributed by atoms with Gasteiger partial charge in [-0.3, -0.25) is 4.72 Å². The molecule has 0 aliphatic rings. The van der Waals surface area contributed by atoms with Crippen LogP contribution < -0.4 is 10.0 Å². The van der Waals surface area contributed by atoms with Crippen LogP contribution in [0.2, 0.25) is 0 Å². The lowest BCUT2D eigenvalue weighted by atomic mass is 10.2. The lowest BCUT2D eigenvalue weighted by Gasteiger charge is -2.05. The number of nitrogens with one attached hydrogen (secondary N) is 2. The highest BCUT2D eigenvalue weighted by Crippen LogP contribution is 2.11. The highest BCUT2D eigenvalue weighted by Gasteiger charge is 2.01. The molecule has 0 amide bonds. The maximum absolute atomic E-state index is 10.9. The van der Waals surface area contributed by atoms with Gasteiger partial charge in [-0.25, -0.2) is 8.42 Å². The van der Waals surface area contributed by atoms with Crippen LogP contribution in [-0.4, -0.2) is 21.7 Å². The molecule has 0 heterocycles. The van der Waals surface area contributed by atoms with Gasteiger partial charge in [-0.1, -0.05) is 12.1 Å². The van der Waals surface area contributed by atoms with Crippen molar-refractivity contribution in [3.63, 3.8) is 0 Å². The molecule has 0 fully saturated rings. The standard InChI is InChI=1S/C9H14N2O2S/c1-10-7-8-4-3-5-9(6-8)11-14(2,12)13/h3-6,10-11H,7H2,1-2H3. The van der Waals surface area contributed by atoms with Crippen LogP contribution >= 0.6 is 0 Å². The van der Waals surface area contributed by atoms with Gasteiger partial charge in [0.2, 0.25) is 10.0 Å². The lowest BCUT2D eigenvalue weighted by Crippen LogP contribution is -2.10. The first-order chi connectivity index (χ1) is 6.51. The molecule has 0 aromatic heterocycles. The highest BCUT2D eigenvalue weighted by molar-refractivity contribution is 7.92. The molecule has 5 heteroatoms. The Morgan fingerprint density at radius 2 is 2.07 bits per heavy atom. The fourth-order valence-electron chi connectivity index (χ4n) is 1.16. The van der Waals surface area contributed by atoms with Crippen molar-refractivity contribution in [1.82, 2.24) is 5.32 Å². The van der Waals surface area contributed by atoms with Crippen molar-refractivity contribution in [2.75, 3.05) is 18.0 Å². The fourth-order valence-corrected chi connectivity index (χ4v) is 1.72. The van der Waals surface area contributed by atoms with E-state index in [-0.39, 0.29) is 0 Å². The molecule has 0 bridgehead atoms. The summed E-state index contributed by atoms with van der Waals surface area (Å²) in [6, 6.07) is 7.28. The maximum atomic E-state index is 10.9. The molecule has 14 heavy (non-hydrogen) atoms. The average molecular weight is 214 g/mol. The molecule has 0 spiro atoms. The first kappa shape index (κ1) is 11.0. The Morgan fingerprint density at radius 1 is 1.36 bits per heavy atom. The second-order valence-corrected chi connectivity index (χ2v) is 4.85.